The van der Waals surface area contributed by atoms with Crippen LogP contribution in [0, 0.1) is 0 Å². The van der Waals surface area contributed by atoms with Crippen molar-refractivity contribution >= 4 is 23.2 Å². The molecule has 1 N–H and O–H groups in total. The number of halogens is 2. The van der Waals surface area contributed by atoms with Gasteiger partial charge in [0, 0.05) is 16.6 Å². The van der Waals surface area contributed by atoms with Gasteiger partial charge in [-0.2, -0.15) is 0 Å². The molecule has 0 aliphatic heterocycles. The van der Waals surface area contributed by atoms with Crippen LogP contribution in [0.25, 0.3) is 0 Å². The molecule has 1 atom stereocenters. The lowest BCUT2D eigenvalue weighted by molar-refractivity contribution is 0.194. The van der Waals surface area contributed by atoms with Crippen molar-refractivity contribution in [1.29, 1.82) is 0 Å². The SMILES string of the molecule is CCNCC(CC)Oc1cc(Cl)cc(Cl)c1. The highest BCUT2D eigenvalue weighted by Gasteiger charge is 2.08. The predicted octanol–water partition coefficient (Wildman–Crippen LogP) is 3.76. The first-order valence-electron chi connectivity index (χ1n) is 5.49. The zero-order valence-electron chi connectivity index (χ0n) is 9.59. The third-order valence-corrected chi connectivity index (χ3v) is 2.65. The molecule has 0 fully saturated rings. The number of hydrogen-bond donors (Lipinski definition) is 1. The maximum absolute atomic E-state index is 5.90. The van der Waals surface area contributed by atoms with E-state index in [2.05, 4.69) is 19.2 Å². The summed E-state index contributed by atoms with van der Waals surface area (Å²) in [5.74, 6) is 0.724. The Bertz CT molecular complexity index is 311. The van der Waals surface area contributed by atoms with Crippen LogP contribution in [0.1, 0.15) is 20.3 Å². The molecule has 1 aromatic carbocycles. The van der Waals surface area contributed by atoms with Crippen LogP contribution in [0.2, 0.25) is 10.0 Å². The Balaban J connectivity index is 2.62. The van der Waals surface area contributed by atoms with Gasteiger partial charge >= 0.3 is 0 Å². The molecule has 0 saturated heterocycles. The fourth-order valence-electron chi connectivity index (χ4n) is 1.36. The molecule has 90 valence electrons. The molecule has 4 heteroatoms. The molecule has 0 amide bonds. The Labute approximate surface area is 107 Å². The molecule has 1 aromatic rings. The molecule has 0 saturated carbocycles. The van der Waals surface area contributed by atoms with E-state index >= 15 is 0 Å². The van der Waals surface area contributed by atoms with Crippen molar-refractivity contribution in [3.8, 4) is 5.75 Å². The second kappa shape index (κ2) is 7.00. The van der Waals surface area contributed by atoms with Crippen LogP contribution in [0.3, 0.4) is 0 Å². The van der Waals surface area contributed by atoms with Gasteiger partial charge in [0.15, 0.2) is 0 Å². The summed E-state index contributed by atoms with van der Waals surface area (Å²) in [5, 5.41) is 4.45. The van der Waals surface area contributed by atoms with Gasteiger partial charge in [0.2, 0.25) is 0 Å². The number of hydrogen-bond acceptors (Lipinski definition) is 2. The quantitative estimate of drug-likeness (QED) is 0.842. The standard InChI is InChI=1S/C12H17Cl2NO/c1-3-11(8-15-4-2)16-12-6-9(13)5-10(14)7-12/h5-7,11,15H,3-4,8H2,1-2H3. The fraction of sp³-hybridized carbons (Fsp3) is 0.500. The van der Waals surface area contributed by atoms with Crippen molar-refractivity contribution in [2.45, 2.75) is 26.4 Å². The summed E-state index contributed by atoms with van der Waals surface area (Å²) in [6.07, 6.45) is 1.09. The Morgan fingerprint density at radius 3 is 2.31 bits per heavy atom. The summed E-state index contributed by atoms with van der Waals surface area (Å²) in [4.78, 5) is 0. The number of benzene rings is 1. The summed E-state index contributed by atoms with van der Waals surface area (Å²) in [5.41, 5.74) is 0. The van der Waals surface area contributed by atoms with E-state index in [0.717, 1.165) is 25.3 Å². The highest BCUT2D eigenvalue weighted by atomic mass is 35.5. The van der Waals surface area contributed by atoms with Crippen LogP contribution < -0.4 is 10.1 Å². The first-order chi connectivity index (χ1) is 7.65. The lowest BCUT2D eigenvalue weighted by Crippen LogP contribution is -2.30. The van der Waals surface area contributed by atoms with Gasteiger partial charge in [-0.25, -0.2) is 0 Å². The average molecular weight is 262 g/mol. The van der Waals surface area contributed by atoms with Crippen molar-refractivity contribution in [3.05, 3.63) is 28.2 Å². The molecule has 0 aromatic heterocycles. The minimum absolute atomic E-state index is 0.148. The van der Waals surface area contributed by atoms with Gasteiger partial charge in [0.05, 0.1) is 0 Å². The molecular weight excluding hydrogens is 245 g/mol. The molecule has 0 heterocycles. The number of likely N-dealkylation sites (N-methyl/N-ethyl adjacent to an activating group) is 1. The zero-order valence-corrected chi connectivity index (χ0v) is 11.1. The van der Waals surface area contributed by atoms with E-state index in [1.165, 1.54) is 0 Å². The van der Waals surface area contributed by atoms with Crippen LogP contribution in [0.4, 0.5) is 0 Å². The van der Waals surface area contributed by atoms with Crippen molar-refractivity contribution in [2.24, 2.45) is 0 Å². The monoisotopic (exact) mass is 261 g/mol. The van der Waals surface area contributed by atoms with E-state index < -0.39 is 0 Å². The Morgan fingerprint density at radius 1 is 1.19 bits per heavy atom. The van der Waals surface area contributed by atoms with E-state index in [-0.39, 0.29) is 6.10 Å². The predicted molar refractivity (Wildman–Crippen MR) is 69.7 cm³/mol. The van der Waals surface area contributed by atoms with Crippen LogP contribution in [-0.4, -0.2) is 19.2 Å². The first-order valence-corrected chi connectivity index (χ1v) is 6.24. The Morgan fingerprint density at radius 2 is 1.81 bits per heavy atom. The van der Waals surface area contributed by atoms with Gasteiger partial charge in [0.25, 0.3) is 0 Å². The number of ether oxygens (including phenoxy) is 1. The molecule has 0 aliphatic rings. The van der Waals surface area contributed by atoms with Gasteiger partial charge in [-0.1, -0.05) is 37.0 Å². The summed E-state index contributed by atoms with van der Waals surface area (Å²) >= 11 is 11.8. The highest BCUT2D eigenvalue weighted by molar-refractivity contribution is 6.34. The van der Waals surface area contributed by atoms with E-state index in [9.17, 15) is 0 Å². The summed E-state index contributed by atoms with van der Waals surface area (Å²) in [6, 6.07) is 5.26. The summed E-state index contributed by atoms with van der Waals surface area (Å²) < 4.78 is 5.80. The highest BCUT2D eigenvalue weighted by Crippen LogP contribution is 2.25. The maximum atomic E-state index is 5.90. The van der Waals surface area contributed by atoms with Gasteiger partial charge in [-0.15, -0.1) is 0 Å². The van der Waals surface area contributed by atoms with Crippen molar-refractivity contribution in [1.82, 2.24) is 5.32 Å². The molecule has 0 spiro atoms. The maximum Gasteiger partial charge on any atom is 0.122 e. The first kappa shape index (κ1) is 13.6. The second-order valence-electron chi connectivity index (χ2n) is 3.56. The van der Waals surface area contributed by atoms with E-state index in [1.807, 2.05) is 0 Å². The minimum Gasteiger partial charge on any atom is -0.489 e. The van der Waals surface area contributed by atoms with Crippen LogP contribution in [-0.2, 0) is 0 Å². The Hall–Kier alpha value is -0.440. The second-order valence-corrected chi connectivity index (χ2v) is 4.43. The summed E-state index contributed by atoms with van der Waals surface area (Å²) in [7, 11) is 0. The fourth-order valence-corrected chi connectivity index (χ4v) is 1.87. The van der Waals surface area contributed by atoms with E-state index in [4.69, 9.17) is 27.9 Å². The van der Waals surface area contributed by atoms with E-state index in [0.29, 0.717) is 10.0 Å². The van der Waals surface area contributed by atoms with Gasteiger partial charge in [-0.3, -0.25) is 0 Å². The minimum atomic E-state index is 0.148. The smallest absolute Gasteiger partial charge is 0.122 e. The lowest BCUT2D eigenvalue weighted by Gasteiger charge is -2.18. The van der Waals surface area contributed by atoms with Crippen LogP contribution >= 0.6 is 23.2 Å². The van der Waals surface area contributed by atoms with Gasteiger partial charge in [0.1, 0.15) is 11.9 Å². The molecule has 16 heavy (non-hydrogen) atoms. The normalized spacial score (nSPS) is 12.5. The zero-order chi connectivity index (χ0) is 12.0. The molecular formula is C12H17Cl2NO. The van der Waals surface area contributed by atoms with Crippen LogP contribution in [0.15, 0.2) is 18.2 Å². The summed E-state index contributed by atoms with van der Waals surface area (Å²) in [6.45, 7) is 5.93. The third-order valence-electron chi connectivity index (χ3n) is 2.22. The molecule has 2 nitrogen and oxygen atoms in total. The van der Waals surface area contributed by atoms with Crippen molar-refractivity contribution in [3.63, 3.8) is 0 Å². The lowest BCUT2D eigenvalue weighted by atomic mass is 10.2. The third kappa shape index (κ3) is 4.60. The topological polar surface area (TPSA) is 21.3 Å². The number of nitrogens with one attached hydrogen (secondary N) is 1. The molecule has 0 bridgehead atoms. The average Bonchev–Trinajstić information content (AvgIpc) is 2.22. The van der Waals surface area contributed by atoms with E-state index in [1.54, 1.807) is 18.2 Å². The molecule has 0 aliphatic carbocycles. The molecule has 1 rings (SSSR count). The van der Waals surface area contributed by atoms with Gasteiger partial charge < -0.3 is 10.1 Å². The molecule has 0 radical (unpaired) electrons. The van der Waals surface area contributed by atoms with Crippen LogP contribution in [0.5, 0.6) is 5.75 Å². The largest absolute Gasteiger partial charge is 0.489 e. The Kier molecular flexibility index (Phi) is 5.96. The van der Waals surface area contributed by atoms with Gasteiger partial charge in [-0.05, 0) is 31.2 Å². The van der Waals surface area contributed by atoms with Crippen molar-refractivity contribution in [2.75, 3.05) is 13.1 Å². The van der Waals surface area contributed by atoms with Crippen molar-refractivity contribution < 1.29 is 4.74 Å². The molecule has 1 unspecified atom stereocenters. The number of rotatable bonds is 6.